The Morgan fingerprint density at radius 3 is 2.71 bits per heavy atom. The van der Waals surface area contributed by atoms with Crippen molar-refractivity contribution in [2.75, 3.05) is 14.2 Å². The molecule has 0 aliphatic carbocycles. The van der Waals surface area contributed by atoms with Gasteiger partial charge in [0.15, 0.2) is 11.6 Å². The minimum Gasteiger partial charge on any atom is -0.495 e. The van der Waals surface area contributed by atoms with E-state index in [9.17, 15) is 4.39 Å². The van der Waals surface area contributed by atoms with Gasteiger partial charge >= 0.3 is 0 Å². The summed E-state index contributed by atoms with van der Waals surface area (Å²) in [6, 6.07) is 3.17. The van der Waals surface area contributed by atoms with Crippen molar-refractivity contribution in [1.29, 1.82) is 0 Å². The van der Waals surface area contributed by atoms with Crippen LogP contribution in [-0.4, -0.2) is 14.2 Å². The van der Waals surface area contributed by atoms with E-state index in [0.29, 0.717) is 5.75 Å². The maximum absolute atomic E-state index is 13.4. The molecule has 0 radical (unpaired) electrons. The van der Waals surface area contributed by atoms with Gasteiger partial charge in [0.1, 0.15) is 5.75 Å². The van der Waals surface area contributed by atoms with Crippen molar-refractivity contribution in [1.82, 2.24) is 0 Å². The van der Waals surface area contributed by atoms with E-state index in [0.717, 1.165) is 10.1 Å². The van der Waals surface area contributed by atoms with E-state index in [4.69, 9.17) is 9.47 Å². The minimum atomic E-state index is -0.393. The van der Waals surface area contributed by atoms with E-state index >= 15 is 0 Å². The van der Waals surface area contributed by atoms with Crippen LogP contribution in [0.3, 0.4) is 0 Å². The third-order valence-corrected chi connectivity index (χ3v) is 2.96. The minimum absolute atomic E-state index is 0.280. The summed E-state index contributed by atoms with van der Waals surface area (Å²) >= 11 is 1.51. The van der Waals surface area contributed by atoms with Crippen LogP contribution in [0.1, 0.15) is 0 Å². The normalized spacial score (nSPS) is 10.5. The summed E-state index contributed by atoms with van der Waals surface area (Å²) in [5.74, 6) is 0.436. The van der Waals surface area contributed by atoms with Gasteiger partial charge in [-0.3, -0.25) is 0 Å². The quantitative estimate of drug-likeness (QED) is 0.761. The zero-order valence-corrected chi connectivity index (χ0v) is 8.65. The predicted octanol–water partition coefficient (Wildman–Crippen LogP) is 3.06. The number of hydrogen-bond donors (Lipinski definition) is 0. The lowest BCUT2D eigenvalue weighted by atomic mass is 10.2. The number of fused-ring (bicyclic) bond motifs is 1. The maximum Gasteiger partial charge on any atom is 0.169 e. The highest BCUT2D eigenvalue weighted by atomic mass is 32.1. The fraction of sp³-hybridized carbons (Fsp3) is 0.200. The molecule has 74 valence electrons. The molecule has 0 atom stereocenters. The summed E-state index contributed by atoms with van der Waals surface area (Å²) in [5, 5.41) is 2.64. The number of methoxy groups -OCH3 is 2. The summed E-state index contributed by atoms with van der Waals surface area (Å²) in [4.78, 5) is 0. The van der Waals surface area contributed by atoms with Crippen LogP contribution in [-0.2, 0) is 0 Å². The molecule has 0 unspecified atom stereocenters. The maximum atomic E-state index is 13.4. The average molecular weight is 212 g/mol. The van der Waals surface area contributed by atoms with Crippen molar-refractivity contribution in [3.05, 3.63) is 23.3 Å². The molecular weight excluding hydrogens is 203 g/mol. The third-order valence-electron chi connectivity index (χ3n) is 2.03. The molecule has 0 N–H and O–H groups in total. The first-order chi connectivity index (χ1) is 6.77. The summed E-state index contributed by atoms with van der Waals surface area (Å²) in [6.07, 6.45) is 0. The van der Waals surface area contributed by atoms with Gasteiger partial charge in [0.2, 0.25) is 0 Å². The van der Waals surface area contributed by atoms with Crippen LogP contribution in [0.4, 0.5) is 4.39 Å². The molecule has 1 aromatic carbocycles. The molecule has 2 rings (SSSR count). The van der Waals surface area contributed by atoms with Crippen LogP contribution in [0, 0.1) is 5.82 Å². The SMILES string of the molecule is COc1c(F)cc(OC)c2sccc12. The first-order valence-electron chi connectivity index (χ1n) is 4.05. The standard InChI is InChI=1S/C10H9FO2S/c1-12-8-5-7(11)9(13-2)6-3-4-14-10(6)8/h3-5H,1-2H3. The van der Waals surface area contributed by atoms with Crippen molar-refractivity contribution in [2.24, 2.45) is 0 Å². The summed E-state index contributed by atoms with van der Waals surface area (Å²) in [6.45, 7) is 0. The molecule has 2 nitrogen and oxygen atoms in total. The second-order valence-electron chi connectivity index (χ2n) is 2.76. The van der Waals surface area contributed by atoms with Gasteiger partial charge in [-0.15, -0.1) is 11.3 Å². The smallest absolute Gasteiger partial charge is 0.169 e. The first kappa shape index (κ1) is 9.27. The Morgan fingerprint density at radius 1 is 1.29 bits per heavy atom. The molecule has 4 heteroatoms. The van der Waals surface area contributed by atoms with Crippen LogP contribution in [0.15, 0.2) is 17.5 Å². The highest BCUT2D eigenvalue weighted by molar-refractivity contribution is 7.17. The number of ether oxygens (including phenoxy) is 2. The fourth-order valence-corrected chi connectivity index (χ4v) is 2.30. The number of thiophene rings is 1. The average Bonchev–Trinajstić information content (AvgIpc) is 2.65. The molecular formula is C10H9FO2S. The predicted molar refractivity (Wildman–Crippen MR) is 54.9 cm³/mol. The van der Waals surface area contributed by atoms with Crippen LogP contribution in [0.5, 0.6) is 11.5 Å². The zero-order chi connectivity index (χ0) is 10.1. The lowest BCUT2D eigenvalue weighted by Crippen LogP contribution is -1.91. The summed E-state index contributed by atoms with van der Waals surface area (Å²) < 4.78 is 24.4. The molecule has 1 aromatic heterocycles. The van der Waals surface area contributed by atoms with Gasteiger partial charge in [0.25, 0.3) is 0 Å². The number of rotatable bonds is 2. The second kappa shape index (κ2) is 3.46. The number of halogens is 1. The third kappa shape index (κ3) is 1.23. The van der Waals surface area contributed by atoms with Crippen molar-refractivity contribution in [3.8, 4) is 11.5 Å². The van der Waals surface area contributed by atoms with Gasteiger partial charge in [-0.25, -0.2) is 4.39 Å². The van der Waals surface area contributed by atoms with E-state index in [1.165, 1.54) is 31.6 Å². The van der Waals surface area contributed by atoms with Crippen molar-refractivity contribution < 1.29 is 13.9 Å². The molecule has 1 heterocycles. The molecule has 0 amide bonds. The Hall–Kier alpha value is -1.29. The molecule has 0 saturated heterocycles. The Labute approximate surface area is 84.9 Å². The lowest BCUT2D eigenvalue weighted by molar-refractivity contribution is 0.384. The van der Waals surface area contributed by atoms with E-state index in [-0.39, 0.29) is 5.75 Å². The van der Waals surface area contributed by atoms with Crippen LogP contribution in [0.25, 0.3) is 10.1 Å². The van der Waals surface area contributed by atoms with Crippen LogP contribution < -0.4 is 9.47 Å². The van der Waals surface area contributed by atoms with Crippen molar-refractivity contribution in [3.63, 3.8) is 0 Å². The monoisotopic (exact) mass is 212 g/mol. The lowest BCUT2D eigenvalue weighted by Gasteiger charge is -2.07. The van der Waals surface area contributed by atoms with E-state index in [1.807, 2.05) is 11.4 Å². The molecule has 14 heavy (non-hydrogen) atoms. The van der Waals surface area contributed by atoms with Crippen molar-refractivity contribution in [2.45, 2.75) is 0 Å². The Bertz CT molecular complexity index is 464. The van der Waals surface area contributed by atoms with Gasteiger partial charge in [-0.05, 0) is 11.4 Å². The van der Waals surface area contributed by atoms with E-state index < -0.39 is 5.82 Å². The van der Waals surface area contributed by atoms with Crippen LogP contribution >= 0.6 is 11.3 Å². The number of benzene rings is 1. The molecule has 0 bridgehead atoms. The Kier molecular flexibility index (Phi) is 2.29. The summed E-state index contributed by atoms with van der Waals surface area (Å²) in [5.41, 5.74) is 0. The molecule has 0 spiro atoms. The molecule has 0 aliphatic rings. The second-order valence-corrected chi connectivity index (χ2v) is 3.67. The fourth-order valence-electron chi connectivity index (χ4n) is 1.41. The molecule has 0 saturated carbocycles. The largest absolute Gasteiger partial charge is 0.495 e. The highest BCUT2D eigenvalue weighted by Crippen LogP contribution is 2.38. The highest BCUT2D eigenvalue weighted by Gasteiger charge is 2.13. The van der Waals surface area contributed by atoms with E-state index in [1.54, 1.807) is 0 Å². The van der Waals surface area contributed by atoms with Gasteiger partial charge < -0.3 is 9.47 Å². The number of hydrogen-bond acceptors (Lipinski definition) is 3. The van der Waals surface area contributed by atoms with Gasteiger partial charge in [-0.2, -0.15) is 0 Å². The van der Waals surface area contributed by atoms with Gasteiger partial charge in [0.05, 0.1) is 18.9 Å². The summed E-state index contributed by atoms with van der Waals surface area (Å²) in [7, 11) is 2.99. The van der Waals surface area contributed by atoms with E-state index in [2.05, 4.69) is 0 Å². The van der Waals surface area contributed by atoms with Gasteiger partial charge in [-0.1, -0.05) is 0 Å². The topological polar surface area (TPSA) is 18.5 Å². The molecule has 2 aromatic rings. The zero-order valence-electron chi connectivity index (χ0n) is 7.83. The van der Waals surface area contributed by atoms with Gasteiger partial charge in [0, 0.05) is 11.5 Å². The van der Waals surface area contributed by atoms with Crippen LogP contribution in [0.2, 0.25) is 0 Å². The Balaban J connectivity index is 2.81. The Morgan fingerprint density at radius 2 is 2.07 bits per heavy atom. The first-order valence-corrected chi connectivity index (χ1v) is 4.93. The van der Waals surface area contributed by atoms with Crippen molar-refractivity contribution >= 4 is 21.4 Å². The molecule has 0 fully saturated rings. The molecule has 0 aliphatic heterocycles.